The van der Waals surface area contributed by atoms with Gasteiger partial charge in [0.1, 0.15) is 6.10 Å². The Balaban J connectivity index is 1.11. The van der Waals surface area contributed by atoms with Gasteiger partial charge in [-0.25, -0.2) is 4.90 Å². The van der Waals surface area contributed by atoms with E-state index in [9.17, 15) is 33.9 Å². The van der Waals surface area contributed by atoms with E-state index in [1.54, 1.807) is 36.4 Å². The topological polar surface area (TPSA) is 188 Å². The lowest BCUT2D eigenvalue weighted by Gasteiger charge is -2.35. The van der Waals surface area contributed by atoms with E-state index in [2.05, 4.69) is 15.8 Å². The summed E-state index contributed by atoms with van der Waals surface area (Å²) in [5.41, 5.74) is 2.85. The van der Waals surface area contributed by atoms with E-state index in [1.165, 1.54) is 23.1 Å². The fraction of sp³-hybridized carbons (Fsp3) is 0.219. The van der Waals surface area contributed by atoms with Crippen LogP contribution in [-0.4, -0.2) is 65.0 Å². The van der Waals surface area contributed by atoms with Gasteiger partial charge in [0, 0.05) is 36.1 Å². The summed E-state index contributed by atoms with van der Waals surface area (Å²) in [6, 6.07) is 16.0. The molecule has 4 aromatic rings. The zero-order valence-electron chi connectivity index (χ0n) is 24.0. The number of imide groups is 1. The van der Waals surface area contributed by atoms with E-state index >= 15 is 0 Å². The van der Waals surface area contributed by atoms with Crippen molar-refractivity contribution in [3.63, 3.8) is 0 Å². The molecule has 4 heterocycles. The summed E-state index contributed by atoms with van der Waals surface area (Å²) in [6.45, 7) is 0.217. The number of rotatable bonds is 7. The summed E-state index contributed by atoms with van der Waals surface area (Å²) in [7, 11) is 0. The molecule has 46 heavy (non-hydrogen) atoms. The van der Waals surface area contributed by atoms with Crippen LogP contribution in [0.3, 0.4) is 0 Å². The predicted octanol–water partition coefficient (Wildman–Crippen LogP) is 2.97. The first kappa shape index (κ1) is 28.9. The third-order valence-corrected chi connectivity index (χ3v) is 8.25. The van der Waals surface area contributed by atoms with Gasteiger partial charge in [-0.05, 0) is 48.4 Å². The number of nitrogens with one attached hydrogen (secondary N) is 2. The Kier molecular flexibility index (Phi) is 7.05. The number of carbonyl (C=O) groups is 6. The summed E-state index contributed by atoms with van der Waals surface area (Å²) in [5, 5.41) is 19.3. The Morgan fingerprint density at radius 1 is 1.00 bits per heavy atom. The number of aliphatic carboxylic acids is 1. The van der Waals surface area contributed by atoms with E-state index in [-0.39, 0.29) is 47.3 Å². The zero-order chi connectivity index (χ0) is 32.1. The molecular formula is C32H25N5O9. The van der Waals surface area contributed by atoms with Gasteiger partial charge in [-0.2, -0.15) is 0 Å². The number of carboxylic acids is 1. The fourth-order valence-corrected chi connectivity index (χ4v) is 5.98. The maximum Gasteiger partial charge on any atom is 0.304 e. The molecular weight excluding hydrogens is 598 g/mol. The van der Waals surface area contributed by atoms with E-state index < -0.39 is 48.0 Å². The van der Waals surface area contributed by atoms with Crippen molar-refractivity contribution in [1.82, 2.24) is 5.16 Å². The number of carbonyl (C=O) groups excluding carboxylic acids is 5. The number of aromatic nitrogens is 1. The van der Waals surface area contributed by atoms with Crippen molar-refractivity contribution in [3.8, 4) is 0 Å². The first-order chi connectivity index (χ1) is 22.2. The van der Waals surface area contributed by atoms with Crippen LogP contribution >= 0.6 is 0 Å². The maximum atomic E-state index is 13.6. The van der Waals surface area contributed by atoms with Crippen molar-refractivity contribution in [3.05, 3.63) is 77.4 Å². The van der Waals surface area contributed by atoms with Gasteiger partial charge in [-0.3, -0.25) is 28.8 Å². The number of ether oxygens (including phenoxy) is 1. The van der Waals surface area contributed by atoms with Crippen LogP contribution in [0.25, 0.3) is 11.0 Å². The molecule has 0 bridgehead atoms. The van der Waals surface area contributed by atoms with Gasteiger partial charge in [0.25, 0.3) is 17.7 Å². The molecule has 2 atom stereocenters. The third-order valence-electron chi connectivity index (χ3n) is 8.25. The van der Waals surface area contributed by atoms with Gasteiger partial charge in [0.15, 0.2) is 11.4 Å². The van der Waals surface area contributed by atoms with Crippen LogP contribution in [0, 0.1) is 5.92 Å². The van der Waals surface area contributed by atoms with Crippen LogP contribution in [0.4, 0.5) is 22.9 Å². The second kappa shape index (κ2) is 11.2. The second-order valence-electron chi connectivity index (χ2n) is 11.1. The number of morpholine rings is 1. The van der Waals surface area contributed by atoms with Crippen molar-refractivity contribution in [1.29, 1.82) is 0 Å². The van der Waals surface area contributed by atoms with Crippen molar-refractivity contribution in [2.24, 2.45) is 5.92 Å². The number of hydrogen-bond acceptors (Lipinski definition) is 9. The zero-order valence-corrected chi connectivity index (χ0v) is 24.0. The normalized spacial score (nSPS) is 18.3. The Morgan fingerprint density at radius 3 is 2.50 bits per heavy atom. The number of anilines is 4. The van der Waals surface area contributed by atoms with Crippen LogP contribution in [0.1, 0.15) is 39.1 Å². The molecule has 1 saturated heterocycles. The van der Waals surface area contributed by atoms with Crippen molar-refractivity contribution >= 4 is 69.4 Å². The molecule has 14 nitrogen and oxygen atoms in total. The minimum absolute atomic E-state index is 0.00846. The Bertz CT molecular complexity index is 1950. The maximum absolute atomic E-state index is 13.6. The number of benzene rings is 3. The third kappa shape index (κ3) is 4.94. The first-order valence-electron chi connectivity index (χ1n) is 14.5. The number of fused-ring (bicyclic) bond motifs is 3. The standard InChI is InChI=1S/C32H25N5O9/c38-25-10-6-16-5-8-18(14-23(16)34-25)36-11-12-45-27(32(36)44)22(15-26(39)40)29(41)33-17-7-9-21-24(13-17)46-35-28(21)37-30(42)19-3-1-2-4-20(19)31(37)43/h1-5,7-9,13-14,22,27H,6,10-12,15H2,(H,33,41)(H,34,38)(H,39,40)/t22-,27-/m1/s1. The molecule has 1 aromatic heterocycles. The summed E-state index contributed by atoms with van der Waals surface area (Å²) in [4.78, 5) is 79.1. The van der Waals surface area contributed by atoms with Crippen LogP contribution in [0.2, 0.25) is 0 Å². The van der Waals surface area contributed by atoms with Gasteiger partial charge in [0.05, 0.1) is 35.5 Å². The van der Waals surface area contributed by atoms with Crippen molar-refractivity contribution in [2.45, 2.75) is 25.4 Å². The van der Waals surface area contributed by atoms with Crippen molar-refractivity contribution < 1.29 is 43.1 Å². The quantitative estimate of drug-likeness (QED) is 0.258. The lowest BCUT2D eigenvalue weighted by Crippen LogP contribution is -2.53. The number of hydrogen-bond donors (Lipinski definition) is 3. The van der Waals surface area contributed by atoms with Gasteiger partial charge in [-0.15, -0.1) is 0 Å². The molecule has 0 unspecified atom stereocenters. The lowest BCUT2D eigenvalue weighted by molar-refractivity contribution is -0.149. The Hall–Kier alpha value is -5.89. The average Bonchev–Trinajstić information content (AvgIpc) is 3.56. The van der Waals surface area contributed by atoms with Gasteiger partial charge in [0.2, 0.25) is 11.8 Å². The van der Waals surface area contributed by atoms with Crippen LogP contribution in [-0.2, 0) is 30.3 Å². The Morgan fingerprint density at radius 2 is 1.76 bits per heavy atom. The smallest absolute Gasteiger partial charge is 0.304 e. The molecule has 5 amide bonds. The summed E-state index contributed by atoms with van der Waals surface area (Å²) >= 11 is 0. The molecule has 0 radical (unpaired) electrons. The fourth-order valence-electron chi connectivity index (χ4n) is 5.98. The van der Waals surface area contributed by atoms with Gasteiger partial charge in [-0.1, -0.05) is 23.4 Å². The molecule has 1 fully saturated rings. The van der Waals surface area contributed by atoms with E-state index in [4.69, 9.17) is 9.26 Å². The molecule has 3 aliphatic heterocycles. The van der Waals surface area contributed by atoms with Crippen LogP contribution in [0.5, 0.6) is 0 Å². The monoisotopic (exact) mass is 623 g/mol. The minimum atomic E-state index is -1.40. The minimum Gasteiger partial charge on any atom is -0.481 e. The molecule has 7 rings (SSSR count). The van der Waals surface area contributed by atoms with Gasteiger partial charge >= 0.3 is 5.97 Å². The first-order valence-corrected chi connectivity index (χ1v) is 14.5. The summed E-state index contributed by atoms with van der Waals surface area (Å²) in [6.07, 6.45) is -1.14. The lowest BCUT2D eigenvalue weighted by atomic mass is 9.94. The summed E-state index contributed by atoms with van der Waals surface area (Å²) < 4.78 is 11.1. The SMILES string of the molecule is O=C(O)C[C@@H](C(=O)Nc1ccc2c(N3C(=O)c4ccccc4C3=O)noc2c1)[C@H]1OCCN(c2ccc3c(c2)NC(=O)CC3)C1=O. The molecule has 14 heteroatoms. The highest BCUT2D eigenvalue weighted by Gasteiger charge is 2.42. The largest absolute Gasteiger partial charge is 0.481 e. The van der Waals surface area contributed by atoms with Crippen LogP contribution in [0.15, 0.2) is 65.2 Å². The highest BCUT2D eigenvalue weighted by molar-refractivity contribution is 6.35. The molecule has 0 aliphatic carbocycles. The Labute approximate surface area is 259 Å². The molecule has 232 valence electrons. The van der Waals surface area contributed by atoms with E-state index in [1.807, 2.05) is 6.07 Å². The number of carboxylic acid groups (broad SMARTS) is 1. The van der Waals surface area contributed by atoms with E-state index in [0.29, 0.717) is 29.6 Å². The van der Waals surface area contributed by atoms with Gasteiger partial charge < -0.3 is 29.9 Å². The molecule has 0 spiro atoms. The van der Waals surface area contributed by atoms with Crippen molar-refractivity contribution in [2.75, 3.05) is 33.6 Å². The second-order valence-corrected chi connectivity index (χ2v) is 11.1. The van der Waals surface area contributed by atoms with Crippen LogP contribution < -0.4 is 20.4 Å². The number of nitrogens with zero attached hydrogens (tertiary/aromatic N) is 3. The number of amides is 5. The summed E-state index contributed by atoms with van der Waals surface area (Å²) in [5.74, 6) is -5.30. The highest BCUT2D eigenvalue weighted by Crippen LogP contribution is 2.35. The van der Waals surface area contributed by atoms with E-state index in [0.717, 1.165) is 10.5 Å². The predicted molar refractivity (Wildman–Crippen MR) is 161 cm³/mol. The molecule has 3 aliphatic rings. The number of aryl methyl sites for hydroxylation is 1. The highest BCUT2D eigenvalue weighted by atomic mass is 16.5. The molecule has 0 saturated carbocycles. The average molecular weight is 624 g/mol. The molecule has 3 aromatic carbocycles. The molecule has 3 N–H and O–H groups in total.